The summed E-state index contributed by atoms with van der Waals surface area (Å²) < 4.78 is 0. The Kier molecular flexibility index (Phi) is 2.70. The molecule has 0 aromatic heterocycles. The van der Waals surface area contributed by atoms with Crippen molar-refractivity contribution in [3.63, 3.8) is 0 Å². The summed E-state index contributed by atoms with van der Waals surface area (Å²) in [7, 11) is 0. The van der Waals surface area contributed by atoms with Crippen molar-refractivity contribution < 1.29 is 0 Å². The van der Waals surface area contributed by atoms with Crippen LogP contribution in [0.5, 0.6) is 0 Å². The highest BCUT2D eigenvalue weighted by Crippen LogP contribution is 2.22. The average Bonchev–Trinajstić information content (AvgIpc) is 2.59. The van der Waals surface area contributed by atoms with E-state index in [9.17, 15) is 0 Å². The van der Waals surface area contributed by atoms with Crippen molar-refractivity contribution in [2.45, 2.75) is 57.4 Å². The van der Waals surface area contributed by atoms with Crippen LogP contribution in [0.2, 0.25) is 0 Å². The van der Waals surface area contributed by atoms with Crippen molar-refractivity contribution in [2.75, 3.05) is 0 Å². The molecular formula is C11H19N. The summed E-state index contributed by atoms with van der Waals surface area (Å²) in [6, 6.07) is 0.814. The maximum absolute atomic E-state index is 3.68. The summed E-state index contributed by atoms with van der Waals surface area (Å²) in [5, 5.41) is 3.68. The third-order valence-corrected chi connectivity index (χ3v) is 3.04. The minimum atomic E-state index is 0.814. The highest BCUT2D eigenvalue weighted by Gasteiger charge is 2.15. The zero-order valence-corrected chi connectivity index (χ0v) is 7.81. The van der Waals surface area contributed by atoms with Gasteiger partial charge in [-0.2, -0.15) is 0 Å². The smallest absolute Gasteiger partial charge is 0.0258 e. The molecule has 1 nitrogen and oxygen atoms in total. The van der Waals surface area contributed by atoms with Gasteiger partial charge in [-0.3, -0.25) is 0 Å². The summed E-state index contributed by atoms with van der Waals surface area (Å²) in [6.45, 7) is 0. The highest BCUT2D eigenvalue weighted by molar-refractivity contribution is 5.04. The number of nitrogens with one attached hydrogen (secondary N) is 1. The second-order valence-corrected chi connectivity index (χ2v) is 4.10. The Bertz CT molecular complexity index is 166. The molecule has 1 N–H and O–H groups in total. The first kappa shape index (κ1) is 8.15. The molecule has 0 unspecified atom stereocenters. The first-order chi connectivity index (χ1) is 5.95. The fraction of sp³-hybridized carbons (Fsp3) is 0.818. The lowest BCUT2D eigenvalue weighted by molar-refractivity contribution is 0.543. The molecule has 0 radical (unpaired) electrons. The van der Waals surface area contributed by atoms with Crippen molar-refractivity contribution in [2.24, 2.45) is 0 Å². The molecule has 1 fully saturated rings. The SMILES string of the molecule is C1=C(NC2CCCC2)CCCC1. The van der Waals surface area contributed by atoms with Crippen molar-refractivity contribution in [3.05, 3.63) is 11.8 Å². The maximum atomic E-state index is 3.68. The Morgan fingerprint density at radius 3 is 2.58 bits per heavy atom. The molecule has 0 aromatic rings. The summed E-state index contributed by atoms with van der Waals surface area (Å²) in [4.78, 5) is 0. The fourth-order valence-electron chi connectivity index (χ4n) is 2.30. The summed E-state index contributed by atoms with van der Waals surface area (Å²) in [6.07, 6.45) is 13.5. The molecule has 0 aliphatic heterocycles. The van der Waals surface area contributed by atoms with E-state index in [-0.39, 0.29) is 0 Å². The van der Waals surface area contributed by atoms with Crippen LogP contribution in [0.1, 0.15) is 51.4 Å². The molecule has 2 aliphatic carbocycles. The van der Waals surface area contributed by atoms with E-state index in [1.54, 1.807) is 0 Å². The molecule has 0 bridgehead atoms. The number of rotatable bonds is 2. The molecule has 0 saturated heterocycles. The Hall–Kier alpha value is -0.460. The van der Waals surface area contributed by atoms with Crippen LogP contribution >= 0.6 is 0 Å². The average molecular weight is 165 g/mol. The second kappa shape index (κ2) is 3.97. The molecule has 0 heterocycles. The lowest BCUT2D eigenvalue weighted by Crippen LogP contribution is -2.26. The first-order valence-electron chi connectivity index (χ1n) is 5.41. The third-order valence-electron chi connectivity index (χ3n) is 3.04. The number of hydrogen-bond acceptors (Lipinski definition) is 1. The van der Waals surface area contributed by atoms with Gasteiger partial charge in [-0.05, 0) is 38.5 Å². The van der Waals surface area contributed by atoms with Crippen LogP contribution < -0.4 is 5.32 Å². The van der Waals surface area contributed by atoms with E-state index in [0.717, 1.165) is 6.04 Å². The largest absolute Gasteiger partial charge is 0.386 e. The van der Waals surface area contributed by atoms with Crippen LogP contribution in [0.15, 0.2) is 11.8 Å². The lowest BCUT2D eigenvalue weighted by Gasteiger charge is -2.19. The standard InChI is InChI=1S/C11H19N/c1-2-6-10(7-3-1)12-11-8-4-5-9-11/h6,11-12H,1-5,7-9H2. The van der Waals surface area contributed by atoms with E-state index in [1.165, 1.54) is 57.1 Å². The molecule has 2 rings (SSSR count). The van der Waals surface area contributed by atoms with Gasteiger partial charge in [-0.1, -0.05) is 18.9 Å². The molecule has 1 heteroatoms. The topological polar surface area (TPSA) is 12.0 Å². The summed E-state index contributed by atoms with van der Waals surface area (Å²) in [5.41, 5.74) is 1.54. The highest BCUT2D eigenvalue weighted by atomic mass is 14.9. The third kappa shape index (κ3) is 2.02. The molecule has 68 valence electrons. The Morgan fingerprint density at radius 2 is 1.92 bits per heavy atom. The molecule has 1 saturated carbocycles. The number of allylic oxidation sites excluding steroid dienone is 2. The minimum absolute atomic E-state index is 0.814. The lowest BCUT2D eigenvalue weighted by atomic mass is 10.0. The predicted octanol–water partition coefficient (Wildman–Crippen LogP) is 2.98. The van der Waals surface area contributed by atoms with E-state index < -0.39 is 0 Å². The molecular weight excluding hydrogens is 146 g/mol. The van der Waals surface area contributed by atoms with Gasteiger partial charge in [-0.15, -0.1) is 0 Å². The van der Waals surface area contributed by atoms with Crippen LogP contribution in [0.25, 0.3) is 0 Å². The van der Waals surface area contributed by atoms with E-state index in [4.69, 9.17) is 0 Å². The van der Waals surface area contributed by atoms with E-state index in [1.807, 2.05) is 0 Å². The Balaban J connectivity index is 1.80. The maximum Gasteiger partial charge on any atom is 0.0258 e. The van der Waals surface area contributed by atoms with E-state index in [0.29, 0.717) is 0 Å². The molecule has 2 aliphatic rings. The van der Waals surface area contributed by atoms with Crippen LogP contribution in [-0.2, 0) is 0 Å². The monoisotopic (exact) mass is 165 g/mol. The van der Waals surface area contributed by atoms with Crippen molar-refractivity contribution >= 4 is 0 Å². The zero-order valence-electron chi connectivity index (χ0n) is 7.81. The van der Waals surface area contributed by atoms with Gasteiger partial charge in [0.25, 0.3) is 0 Å². The molecule has 0 spiro atoms. The molecule has 0 atom stereocenters. The predicted molar refractivity (Wildman–Crippen MR) is 51.9 cm³/mol. The number of hydrogen-bond donors (Lipinski definition) is 1. The normalized spacial score (nSPS) is 25.5. The van der Waals surface area contributed by atoms with Crippen molar-refractivity contribution in [1.82, 2.24) is 5.32 Å². The van der Waals surface area contributed by atoms with Gasteiger partial charge in [0.1, 0.15) is 0 Å². The van der Waals surface area contributed by atoms with Gasteiger partial charge < -0.3 is 5.32 Å². The van der Waals surface area contributed by atoms with Gasteiger partial charge >= 0.3 is 0 Å². The molecule has 12 heavy (non-hydrogen) atoms. The molecule has 0 aromatic carbocycles. The Labute approximate surface area is 75.2 Å². The van der Waals surface area contributed by atoms with Gasteiger partial charge in [0.2, 0.25) is 0 Å². The van der Waals surface area contributed by atoms with Gasteiger partial charge in [0, 0.05) is 11.7 Å². The first-order valence-corrected chi connectivity index (χ1v) is 5.41. The van der Waals surface area contributed by atoms with Gasteiger partial charge in [-0.25, -0.2) is 0 Å². The van der Waals surface area contributed by atoms with Crippen LogP contribution in [0, 0.1) is 0 Å². The van der Waals surface area contributed by atoms with Gasteiger partial charge in [0.05, 0.1) is 0 Å². The molecule has 0 amide bonds. The van der Waals surface area contributed by atoms with Crippen LogP contribution in [0.4, 0.5) is 0 Å². The van der Waals surface area contributed by atoms with Gasteiger partial charge in [0.15, 0.2) is 0 Å². The fourth-order valence-corrected chi connectivity index (χ4v) is 2.30. The van der Waals surface area contributed by atoms with Crippen LogP contribution in [0.3, 0.4) is 0 Å². The zero-order chi connectivity index (χ0) is 8.23. The quantitative estimate of drug-likeness (QED) is 0.663. The summed E-state index contributed by atoms with van der Waals surface area (Å²) >= 11 is 0. The van der Waals surface area contributed by atoms with Crippen molar-refractivity contribution in [1.29, 1.82) is 0 Å². The van der Waals surface area contributed by atoms with Crippen LogP contribution in [-0.4, -0.2) is 6.04 Å². The van der Waals surface area contributed by atoms with E-state index in [2.05, 4.69) is 11.4 Å². The minimum Gasteiger partial charge on any atom is -0.386 e. The second-order valence-electron chi connectivity index (χ2n) is 4.10. The van der Waals surface area contributed by atoms with Crippen molar-refractivity contribution in [3.8, 4) is 0 Å². The summed E-state index contributed by atoms with van der Waals surface area (Å²) in [5.74, 6) is 0. The van der Waals surface area contributed by atoms with E-state index >= 15 is 0 Å². The Morgan fingerprint density at radius 1 is 1.08 bits per heavy atom.